The van der Waals surface area contributed by atoms with Crippen molar-refractivity contribution >= 4 is 0 Å². The van der Waals surface area contributed by atoms with Gasteiger partial charge in [-0.15, -0.1) is 0 Å². The molecule has 12 heavy (non-hydrogen) atoms. The summed E-state index contributed by atoms with van der Waals surface area (Å²) in [6.45, 7) is 6.32. The van der Waals surface area contributed by atoms with Gasteiger partial charge < -0.3 is 10.2 Å². The molecule has 0 spiro atoms. The Balaban J connectivity index is 2.96. The molecule has 0 aromatic heterocycles. The number of unbranched alkanes of at least 4 members (excludes halogenated alkanes) is 1. The molecule has 0 heterocycles. The summed E-state index contributed by atoms with van der Waals surface area (Å²) in [6, 6.07) is 2.13. The Labute approximate surface area is 75.4 Å². The molecule has 0 fully saturated rings. The highest BCUT2D eigenvalue weighted by atomic mass is 15.1. The lowest BCUT2D eigenvalue weighted by atomic mass is 10.3. The second-order valence-corrected chi connectivity index (χ2v) is 2.91. The van der Waals surface area contributed by atoms with E-state index < -0.39 is 0 Å². The van der Waals surface area contributed by atoms with E-state index in [9.17, 15) is 0 Å². The molecular formula is C9H19N3. The minimum Gasteiger partial charge on any atom is -0.315 e. The number of nitrogens with zero attached hydrogens (tertiary/aromatic N) is 2. The Kier molecular flexibility index (Phi) is 8.09. The van der Waals surface area contributed by atoms with E-state index in [1.807, 2.05) is 0 Å². The molecule has 0 atom stereocenters. The predicted molar refractivity (Wildman–Crippen MR) is 50.9 cm³/mol. The average molecular weight is 169 g/mol. The Morgan fingerprint density at radius 3 is 2.75 bits per heavy atom. The summed E-state index contributed by atoms with van der Waals surface area (Å²) >= 11 is 0. The van der Waals surface area contributed by atoms with Gasteiger partial charge in [0.15, 0.2) is 0 Å². The van der Waals surface area contributed by atoms with Crippen LogP contribution in [-0.4, -0.2) is 38.1 Å². The molecule has 3 nitrogen and oxygen atoms in total. The highest BCUT2D eigenvalue weighted by molar-refractivity contribution is 4.68. The normalized spacial score (nSPS) is 10.2. The largest absolute Gasteiger partial charge is 0.315 e. The summed E-state index contributed by atoms with van der Waals surface area (Å²) in [4.78, 5) is 2.26. The van der Waals surface area contributed by atoms with Crippen molar-refractivity contribution in [3.8, 4) is 6.07 Å². The zero-order valence-corrected chi connectivity index (χ0v) is 8.14. The van der Waals surface area contributed by atoms with Crippen LogP contribution >= 0.6 is 0 Å². The number of likely N-dealkylation sites (N-methyl/N-ethyl adjacent to an activating group) is 1. The molecule has 0 bridgehead atoms. The van der Waals surface area contributed by atoms with Crippen LogP contribution in [-0.2, 0) is 0 Å². The van der Waals surface area contributed by atoms with Crippen molar-refractivity contribution in [2.24, 2.45) is 0 Å². The van der Waals surface area contributed by atoms with Crippen molar-refractivity contribution in [3.05, 3.63) is 0 Å². The lowest BCUT2D eigenvalue weighted by Gasteiger charge is -2.13. The summed E-state index contributed by atoms with van der Waals surface area (Å²) < 4.78 is 0. The number of nitrogens with one attached hydrogen (secondary N) is 1. The van der Waals surface area contributed by atoms with E-state index in [1.165, 1.54) is 0 Å². The molecule has 0 amide bonds. The summed E-state index contributed by atoms with van der Waals surface area (Å²) in [7, 11) is 2.11. The van der Waals surface area contributed by atoms with Crippen LogP contribution in [0.3, 0.4) is 0 Å². The Morgan fingerprint density at radius 2 is 2.17 bits per heavy atom. The number of hydrogen-bond donors (Lipinski definition) is 1. The van der Waals surface area contributed by atoms with Crippen LogP contribution < -0.4 is 5.32 Å². The van der Waals surface area contributed by atoms with Gasteiger partial charge in [0.05, 0.1) is 6.07 Å². The van der Waals surface area contributed by atoms with E-state index in [1.54, 1.807) is 0 Å². The average Bonchev–Trinajstić information content (AvgIpc) is 2.10. The molecule has 0 aliphatic rings. The predicted octanol–water partition coefficient (Wildman–Crippen LogP) is 0.831. The maximum absolute atomic E-state index is 8.26. The third-order valence-electron chi connectivity index (χ3n) is 1.85. The third kappa shape index (κ3) is 7.52. The van der Waals surface area contributed by atoms with Gasteiger partial charge >= 0.3 is 0 Å². The minimum absolute atomic E-state index is 0.663. The van der Waals surface area contributed by atoms with Gasteiger partial charge in [-0.3, -0.25) is 0 Å². The van der Waals surface area contributed by atoms with Crippen molar-refractivity contribution in [1.29, 1.82) is 5.26 Å². The Morgan fingerprint density at radius 1 is 1.42 bits per heavy atom. The Bertz CT molecular complexity index is 128. The zero-order valence-electron chi connectivity index (χ0n) is 8.14. The maximum atomic E-state index is 8.26. The van der Waals surface area contributed by atoms with Gasteiger partial charge in [-0.25, -0.2) is 0 Å². The van der Waals surface area contributed by atoms with E-state index in [4.69, 9.17) is 5.26 Å². The number of hydrogen-bond acceptors (Lipinski definition) is 3. The first-order valence-corrected chi connectivity index (χ1v) is 4.57. The highest BCUT2D eigenvalue weighted by Crippen LogP contribution is 1.83. The molecule has 3 heteroatoms. The summed E-state index contributed by atoms with van der Waals surface area (Å²) in [5.74, 6) is 0. The van der Waals surface area contributed by atoms with E-state index in [-0.39, 0.29) is 0 Å². The van der Waals surface area contributed by atoms with Crippen LogP contribution in [0.4, 0.5) is 0 Å². The molecule has 0 aromatic carbocycles. The lowest BCUT2D eigenvalue weighted by Crippen LogP contribution is -2.29. The molecule has 0 aliphatic heterocycles. The van der Waals surface area contributed by atoms with Crippen molar-refractivity contribution in [3.63, 3.8) is 0 Å². The van der Waals surface area contributed by atoms with Gasteiger partial charge in [-0.1, -0.05) is 6.92 Å². The number of nitriles is 1. The van der Waals surface area contributed by atoms with Gasteiger partial charge in [0.1, 0.15) is 0 Å². The van der Waals surface area contributed by atoms with Crippen LogP contribution in [0, 0.1) is 11.3 Å². The van der Waals surface area contributed by atoms with Crippen LogP contribution in [0.5, 0.6) is 0 Å². The fourth-order valence-electron chi connectivity index (χ4n) is 0.845. The van der Waals surface area contributed by atoms with Crippen LogP contribution in [0.2, 0.25) is 0 Å². The van der Waals surface area contributed by atoms with Crippen LogP contribution in [0.1, 0.15) is 19.8 Å². The van der Waals surface area contributed by atoms with E-state index in [0.717, 1.165) is 32.6 Å². The quantitative estimate of drug-likeness (QED) is 0.574. The molecule has 1 N–H and O–H groups in total. The molecule has 0 rings (SSSR count). The second-order valence-electron chi connectivity index (χ2n) is 2.91. The smallest absolute Gasteiger partial charge is 0.0622 e. The first-order valence-electron chi connectivity index (χ1n) is 4.57. The van der Waals surface area contributed by atoms with Crippen molar-refractivity contribution in [2.45, 2.75) is 19.8 Å². The van der Waals surface area contributed by atoms with Gasteiger partial charge in [0.25, 0.3) is 0 Å². The maximum Gasteiger partial charge on any atom is 0.0622 e. The summed E-state index contributed by atoms with van der Waals surface area (Å²) in [5.41, 5.74) is 0. The Hall–Kier alpha value is -0.590. The van der Waals surface area contributed by atoms with E-state index in [2.05, 4.69) is 30.3 Å². The summed E-state index contributed by atoms with van der Waals surface area (Å²) in [6.07, 6.45) is 1.63. The monoisotopic (exact) mass is 169 g/mol. The zero-order chi connectivity index (χ0) is 9.23. The highest BCUT2D eigenvalue weighted by Gasteiger charge is 1.92. The topological polar surface area (TPSA) is 39.1 Å². The second kappa shape index (κ2) is 8.51. The van der Waals surface area contributed by atoms with E-state index >= 15 is 0 Å². The minimum atomic E-state index is 0.663. The molecule has 0 radical (unpaired) electrons. The first-order chi connectivity index (χ1) is 5.81. The molecule has 0 unspecified atom stereocenters. The standard InChI is InChI=1S/C9H19N3/c1-3-12(2)9-8-11-7-5-4-6-10/h11H,3-5,7-9H2,1-2H3. The first kappa shape index (κ1) is 11.4. The lowest BCUT2D eigenvalue weighted by molar-refractivity contribution is 0.349. The van der Waals surface area contributed by atoms with E-state index in [0.29, 0.717) is 6.42 Å². The molecular weight excluding hydrogens is 150 g/mol. The fraction of sp³-hybridized carbons (Fsp3) is 0.889. The molecule has 0 aliphatic carbocycles. The molecule has 0 saturated carbocycles. The molecule has 0 saturated heterocycles. The van der Waals surface area contributed by atoms with Crippen LogP contribution in [0.15, 0.2) is 0 Å². The van der Waals surface area contributed by atoms with Crippen molar-refractivity contribution < 1.29 is 0 Å². The van der Waals surface area contributed by atoms with Crippen molar-refractivity contribution in [1.82, 2.24) is 10.2 Å². The molecule has 70 valence electrons. The van der Waals surface area contributed by atoms with Gasteiger partial charge in [-0.2, -0.15) is 5.26 Å². The van der Waals surface area contributed by atoms with Gasteiger partial charge in [0, 0.05) is 19.5 Å². The van der Waals surface area contributed by atoms with Crippen molar-refractivity contribution in [2.75, 3.05) is 33.2 Å². The SMILES string of the molecule is CCN(C)CCNCCCC#N. The van der Waals surface area contributed by atoms with Crippen LogP contribution in [0.25, 0.3) is 0 Å². The van der Waals surface area contributed by atoms with Gasteiger partial charge in [0.2, 0.25) is 0 Å². The van der Waals surface area contributed by atoms with Gasteiger partial charge in [-0.05, 0) is 26.6 Å². The fourth-order valence-corrected chi connectivity index (χ4v) is 0.845. The number of rotatable bonds is 7. The molecule has 0 aromatic rings. The third-order valence-corrected chi connectivity index (χ3v) is 1.85. The summed E-state index contributed by atoms with van der Waals surface area (Å²) in [5, 5.41) is 11.6.